The normalized spacial score (nSPS) is 21.9. The Labute approximate surface area is 113 Å². The van der Waals surface area contributed by atoms with Gasteiger partial charge in [-0.15, -0.1) is 0 Å². The van der Waals surface area contributed by atoms with Crippen LogP contribution in [0.5, 0.6) is 0 Å². The Morgan fingerprint density at radius 3 is 2.58 bits per heavy atom. The molecule has 19 heavy (non-hydrogen) atoms. The van der Waals surface area contributed by atoms with Gasteiger partial charge < -0.3 is 9.84 Å². The number of aliphatic imine (C=N–C) groups is 1. The van der Waals surface area contributed by atoms with Gasteiger partial charge in [-0.05, 0) is 25.3 Å². The summed E-state index contributed by atoms with van der Waals surface area (Å²) in [6.45, 7) is 3.80. The van der Waals surface area contributed by atoms with Crippen molar-refractivity contribution in [1.82, 2.24) is 0 Å². The molecular formula is C15H19NO3. The van der Waals surface area contributed by atoms with Crippen molar-refractivity contribution in [3.63, 3.8) is 0 Å². The summed E-state index contributed by atoms with van der Waals surface area (Å²) in [5.41, 5.74) is 1.36. The SMILES string of the molecule is CC(=O)c1ccc(CCC2(CO)COC(C)=N2)cc1. The van der Waals surface area contributed by atoms with Crippen molar-refractivity contribution in [3.05, 3.63) is 35.4 Å². The van der Waals surface area contributed by atoms with E-state index in [0.717, 1.165) is 24.0 Å². The maximum absolute atomic E-state index is 11.2. The molecule has 1 aliphatic heterocycles. The van der Waals surface area contributed by atoms with Crippen molar-refractivity contribution in [2.75, 3.05) is 13.2 Å². The molecule has 0 saturated heterocycles. The number of aliphatic hydroxyl groups excluding tert-OH is 1. The zero-order chi connectivity index (χ0) is 13.9. The highest BCUT2D eigenvalue weighted by Crippen LogP contribution is 2.24. The lowest BCUT2D eigenvalue weighted by Gasteiger charge is -2.21. The van der Waals surface area contributed by atoms with Crippen LogP contribution in [-0.4, -0.2) is 35.5 Å². The van der Waals surface area contributed by atoms with E-state index in [2.05, 4.69) is 4.99 Å². The molecule has 1 aliphatic rings. The molecule has 4 nitrogen and oxygen atoms in total. The number of aliphatic hydroxyl groups is 1. The predicted molar refractivity (Wildman–Crippen MR) is 73.6 cm³/mol. The maximum atomic E-state index is 11.2. The number of carbonyl (C=O) groups is 1. The first-order chi connectivity index (χ1) is 9.04. The highest BCUT2D eigenvalue weighted by Gasteiger charge is 2.34. The van der Waals surface area contributed by atoms with E-state index in [-0.39, 0.29) is 12.4 Å². The number of carbonyl (C=O) groups excluding carboxylic acids is 1. The highest BCUT2D eigenvalue weighted by atomic mass is 16.5. The average Bonchev–Trinajstić information content (AvgIpc) is 2.79. The first-order valence-corrected chi connectivity index (χ1v) is 6.45. The van der Waals surface area contributed by atoms with Crippen LogP contribution in [0.15, 0.2) is 29.3 Å². The number of hydrogen-bond acceptors (Lipinski definition) is 4. The van der Waals surface area contributed by atoms with E-state index in [1.54, 1.807) is 13.8 Å². The number of benzene rings is 1. The second-order valence-corrected chi connectivity index (χ2v) is 5.06. The smallest absolute Gasteiger partial charge is 0.180 e. The molecule has 2 rings (SSSR count). The molecule has 0 spiro atoms. The van der Waals surface area contributed by atoms with Crippen LogP contribution in [0, 0.1) is 0 Å². The first kappa shape index (κ1) is 13.7. The molecule has 1 atom stereocenters. The largest absolute Gasteiger partial charge is 0.479 e. The third kappa shape index (κ3) is 3.20. The monoisotopic (exact) mass is 261 g/mol. The zero-order valence-corrected chi connectivity index (χ0v) is 11.3. The van der Waals surface area contributed by atoms with Gasteiger partial charge in [0.1, 0.15) is 12.1 Å². The summed E-state index contributed by atoms with van der Waals surface area (Å²) >= 11 is 0. The van der Waals surface area contributed by atoms with Crippen molar-refractivity contribution in [2.24, 2.45) is 4.99 Å². The molecular weight excluding hydrogens is 242 g/mol. The standard InChI is InChI=1S/C15H19NO3/c1-11(18)14-5-3-13(4-6-14)7-8-15(9-17)10-19-12(2)16-15/h3-6,17H,7-10H2,1-2H3. The van der Waals surface area contributed by atoms with E-state index in [9.17, 15) is 9.90 Å². The Hall–Kier alpha value is -1.68. The summed E-state index contributed by atoms with van der Waals surface area (Å²) in [7, 11) is 0. The van der Waals surface area contributed by atoms with Crippen LogP contribution in [0.25, 0.3) is 0 Å². The van der Waals surface area contributed by atoms with E-state index in [1.807, 2.05) is 24.3 Å². The topological polar surface area (TPSA) is 58.9 Å². The molecule has 0 fully saturated rings. The van der Waals surface area contributed by atoms with Crippen LogP contribution in [0.4, 0.5) is 0 Å². The summed E-state index contributed by atoms with van der Waals surface area (Å²) in [4.78, 5) is 15.6. The van der Waals surface area contributed by atoms with Crippen molar-refractivity contribution in [2.45, 2.75) is 32.2 Å². The minimum Gasteiger partial charge on any atom is -0.479 e. The summed E-state index contributed by atoms with van der Waals surface area (Å²) in [5.74, 6) is 0.712. The molecule has 0 radical (unpaired) electrons. The van der Waals surface area contributed by atoms with E-state index >= 15 is 0 Å². The van der Waals surface area contributed by atoms with Crippen LogP contribution in [-0.2, 0) is 11.2 Å². The molecule has 1 aromatic rings. The van der Waals surface area contributed by atoms with E-state index in [0.29, 0.717) is 12.5 Å². The van der Waals surface area contributed by atoms with Crippen molar-refractivity contribution in [3.8, 4) is 0 Å². The number of aryl methyl sites for hydroxylation is 1. The molecule has 1 aromatic carbocycles. The quantitative estimate of drug-likeness (QED) is 0.825. The molecule has 4 heteroatoms. The van der Waals surface area contributed by atoms with E-state index in [1.165, 1.54) is 0 Å². The minimum absolute atomic E-state index is 0.00410. The third-order valence-electron chi connectivity index (χ3n) is 3.48. The molecule has 0 amide bonds. The van der Waals surface area contributed by atoms with Gasteiger partial charge in [-0.2, -0.15) is 0 Å². The Morgan fingerprint density at radius 2 is 2.11 bits per heavy atom. The van der Waals surface area contributed by atoms with Crippen LogP contribution in [0.3, 0.4) is 0 Å². The lowest BCUT2D eigenvalue weighted by molar-refractivity contribution is 0.101. The van der Waals surface area contributed by atoms with E-state index in [4.69, 9.17) is 4.74 Å². The summed E-state index contributed by atoms with van der Waals surface area (Å²) in [5, 5.41) is 9.50. The molecule has 1 unspecified atom stereocenters. The highest BCUT2D eigenvalue weighted by molar-refractivity contribution is 5.94. The summed E-state index contributed by atoms with van der Waals surface area (Å²) < 4.78 is 5.34. The number of nitrogens with zero attached hydrogens (tertiary/aromatic N) is 1. The number of ether oxygens (including phenoxy) is 1. The van der Waals surface area contributed by atoms with Crippen molar-refractivity contribution < 1.29 is 14.6 Å². The molecule has 0 saturated carbocycles. The Kier molecular flexibility index (Phi) is 4.00. The van der Waals surface area contributed by atoms with Gasteiger partial charge in [-0.25, -0.2) is 4.99 Å². The van der Waals surface area contributed by atoms with Crippen LogP contribution >= 0.6 is 0 Å². The zero-order valence-electron chi connectivity index (χ0n) is 11.3. The summed E-state index contributed by atoms with van der Waals surface area (Å²) in [6.07, 6.45) is 1.54. The number of rotatable bonds is 5. The molecule has 1 N–H and O–H groups in total. The van der Waals surface area contributed by atoms with Crippen LogP contribution in [0.1, 0.15) is 36.2 Å². The minimum atomic E-state index is -0.497. The first-order valence-electron chi connectivity index (χ1n) is 6.45. The van der Waals surface area contributed by atoms with Crippen molar-refractivity contribution in [1.29, 1.82) is 0 Å². The number of Topliss-reactive ketones (excluding diaryl/α,β-unsaturated/α-hetero) is 1. The Morgan fingerprint density at radius 1 is 1.42 bits per heavy atom. The van der Waals surface area contributed by atoms with Gasteiger partial charge in [0, 0.05) is 12.5 Å². The van der Waals surface area contributed by atoms with Crippen LogP contribution in [0.2, 0.25) is 0 Å². The third-order valence-corrected chi connectivity index (χ3v) is 3.48. The lowest BCUT2D eigenvalue weighted by atomic mass is 9.93. The molecule has 102 valence electrons. The predicted octanol–water partition coefficient (Wildman–Crippen LogP) is 2.00. The fourth-order valence-corrected chi connectivity index (χ4v) is 2.21. The van der Waals surface area contributed by atoms with Gasteiger partial charge in [-0.3, -0.25) is 4.79 Å². The molecule has 0 bridgehead atoms. The molecule has 0 aromatic heterocycles. The summed E-state index contributed by atoms with van der Waals surface area (Å²) in [6, 6.07) is 7.58. The fraction of sp³-hybridized carbons (Fsp3) is 0.467. The van der Waals surface area contributed by atoms with Crippen LogP contribution < -0.4 is 0 Å². The van der Waals surface area contributed by atoms with Gasteiger partial charge in [0.25, 0.3) is 0 Å². The lowest BCUT2D eigenvalue weighted by Crippen LogP contribution is -2.33. The second-order valence-electron chi connectivity index (χ2n) is 5.06. The van der Waals surface area contributed by atoms with Crippen molar-refractivity contribution >= 4 is 11.7 Å². The Balaban J connectivity index is 2.00. The fourth-order valence-electron chi connectivity index (χ4n) is 2.21. The average molecular weight is 261 g/mol. The molecule has 1 heterocycles. The van der Waals surface area contributed by atoms with Gasteiger partial charge in [0.2, 0.25) is 0 Å². The second kappa shape index (κ2) is 5.53. The number of ketones is 1. The van der Waals surface area contributed by atoms with Gasteiger partial charge in [0.05, 0.1) is 6.61 Å². The van der Waals surface area contributed by atoms with Gasteiger partial charge >= 0.3 is 0 Å². The maximum Gasteiger partial charge on any atom is 0.180 e. The molecule has 0 aliphatic carbocycles. The van der Waals surface area contributed by atoms with E-state index < -0.39 is 5.54 Å². The Bertz CT molecular complexity index is 493. The van der Waals surface area contributed by atoms with Gasteiger partial charge in [0.15, 0.2) is 11.7 Å². The van der Waals surface area contributed by atoms with Gasteiger partial charge in [-0.1, -0.05) is 24.3 Å². The number of hydrogen-bond donors (Lipinski definition) is 1.